The second-order valence-electron chi connectivity index (χ2n) is 4.87. The Bertz CT molecular complexity index is 415. The highest BCUT2D eigenvalue weighted by Crippen LogP contribution is 2.29. The third kappa shape index (κ3) is 2.71. The molecule has 0 saturated heterocycles. The number of Topliss-reactive ketones (excluding diaryl/α,β-unsaturated/α-hetero) is 1. The highest BCUT2D eigenvalue weighted by Gasteiger charge is 2.22. The molecule has 0 spiro atoms. The van der Waals surface area contributed by atoms with E-state index < -0.39 is 0 Å². The molecule has 0 aliphatic heterocycles. The lowest BCUT2D eigenvalue weighted by atomic mass is 9.85. The van der Waals surface area contributed by atoms with Gasteiger partial charge < -0.3 is 0 Å². The van der Waals surface area contributed by atoms with E-state index in [2.05, 4.69) is 12.0 Å². The van der Waals surface area contributed by atoms with Gasteiger partial charge in [0, 0.05) is 19.9 Å². The van der Waals surface area contributed by atoms with Crippen LogP contribution in [0.1, 0.15) is 44.0 Å². The molecule has 1 heterocycles. The smallest absolute Gasteiger partial charge is 0.132 e. The summed E-state index contributed by atoms with van der Waals surface area (Å²) in [6.45, 7) is 2.07. The molecule has 0 aromatic carbocycles. The Hall–Kier alpha value is -0.830. The molecule has 17 heavy (non-hydrogen) atoms. The van der Waals surface area contributed by atoms with Crippen LogP contribution in [0.15, 0.2) is 0 Å². The molecule has 1 aromatic heterocycles. The van der Waals surface area contributed by atoms with Crippen LogP contribution in [0.5, 0.6) is 0 Å². The van der Waals surface area contributed by atoms with E-state index in [1.165, 1.54) is 0 Å². The minimum atomic E-state index is 0.409. The molecule has 94 valence electrons. The second kappa shape index (κ2) is 5.21. The number of halogens is 1. The number of aryl methyl sites for hydroxylation is 2. The molecule has 1 aliphatic rings. The lowest BCUT2D eigenvalue weighted by molar-refractivity contribution is -0.121. The van der Waals surface area contributed by atoms with E-state index in [9.17, 15) is 4.79 Å². The van der Waals surface area contributed by atoms with Gasteiger partial charge in [-0.15, -0.1) is 0 Å². The summed E-state index contributed by atoms with van der Waals surface area (Å²) in [6.07, 6.45) is 5.30. The molecule has 0 amide bonds. The van der Waals surface area contributed by atoms with E-state index in [1.54, 1.807) is 0 Å². The van der Waals surface area contributed by atoms with E-state index in [4.69, 9.17) is 11.6 Å². The van der Waals surface area contributed by atoms with Crippen molar-refractivity contribution in [1.29, 1.82) is 0 Å². The van der Waals surface area contributed by atoms with Crippen LogP contribution in [0, 0.1) is 5.92 Å². The topological polar surface area (TPSA) is 34.9 Å². The Kier molecular flexibility index (Phi) is 3.87. The summed E-state index contributed by atoms with van der Waals surface area (Å²) in [4.78, 5) is 11.2. The molecule has 1 aromatic rings. The fourth-order valence-corrected chi connectivity index (χ4v) is 2.89. The Morgan fingerprint density at radius 1 is 1.41 bits per heavy atom. The van der Waals surface area contributed by atoms with Crippen LogP contribution in [-0.4, -0.2) is 15.6 Å². The van der Waals surface area contributed by atoms with Crippen molar-refractivity contribution in [1.82, 2.24) is 9.78 Å². The average molecular weight is 255 g/mol. The van der Waals surface area contributed by atoms with E-state index in [-0.39, 0.29) is 0 Å². The van der Waals surface area contributed by atoms with Gasteiger partial charge in [-0.3, -0.25) is 9.48 Å². The highest BCUT2D eigenvalue weighted by molar-refractivity contribution is 6.31. The number of ketones is 1. The van der Waals surface area contributed by atoms with E-state index in [1.807, 2.05) is 11.7 Å². The Balaban J connectivity index is 2.08. The third-order valence-corrected chi connectivity index (χ3v) is 4.08. The quantitative estimate of drug-likeness (QED) is 0.831. The lowest BCUT2D eigenvalue weighted by Crippen LogP contribution is -2.17. The summed E-state index contributed by atoms with van der Waals surface area (Å²) in [5, 5.41) is 5.25. The number of carbonyl (C=O) groups excluding carboxylic acids is 1. The van der Waals surface area contributed by atoms with E-state index in [0.29, 0.717) is 11.7 Å². The zero-order valence-corrected chi connectivity index (χ0v) is 11.3. The van der Waals surface area contributed by atoms with Crippen molar-refractivity contribution in [3.8, 4) is 0 Å². The predicted molar refractivity (Wildman–Crippen MR) is 68.3 cm³/mol. The molecule has 0 bridgehead atoms. The van der Waals surface area contributed by atoms with Crippen molar-refractivity contribution in [2.24, 2.45) is 13.0 Å². The molecule has 2 rings (SSSR count). The average Bonchev–Trinajstić information content (AvgIpc) is 2.59. The number of nitrogens with zero attached hydrogens (tertiary/aromatic N) is 2. The van der Waals surface area contributed by atoms with Crippen molar-refractivity contribution < 1.29 is 4.79 Å². The maximum absolute atomic E-state index is 11.2. The van der Waals surface area contributed by atoms with Gasteiger partial charge in [-0.2, -0.15) is 5.10 Å². The van der Waals surface area contributed by atoms with Crippen LogP contribution >= 0.6 is 11.6 Å². The maximum atomic E-state index is 11.2. The van der Waals surface area contributed by atoms with Crippen LogP contribution in [-0.2, 0) is 24.7 Å². The molecule has 4 heteroatoms. The molecule has 0 atom stereocenters. The first kappa shape index (κ1) is 12.6. The summed E-state index contributed by atoms with van der Waals surface area (Å²) in [6, 6.07) is 0. The molecule has 1 aliphatic carbocycles. The van der Waals surface area contributed by atoms with Gasteiger partial charge in [0.15, 0.2) is 0 Å². The molecule has 0 N–H and O–H groups in total. The van der Waals surface area contributed by atoms with Crippen molar-refractivity contribution in [3.05, 3.63) is 16.4 Å². The zero-order valence-electron chi connectivity index (χ0n) is 10.5. The number of hydrogen-bond donors (Lipinski definition) is 0. The Morgan fingerprint density at radius 2 is 2.06 bits per heavy atom. The van der Waals surface area contributed by atoms with Gasteiger partial charge in [-0.05, 0) is 31.6 Å². The Morgan fingerprint density at radius 3 is 2.59 bits per heavy atom. The highest BCUT2D eigenvalue weighted by atomic mass is 35.5. The first-order chi connectivity index (χ1) is 8.11. The predicted octanol–water partition coefficient (Wildman–Crippen LogP) is 2.94. The molecular weight excluding hydrogens is 236 g/mol. The number of carbonyl (C=O) groups is 1. The molecular formula is C13H19ClN2O. The van der Waals surface area contributed by atoms with Gasteiger partial charge in [0.1, 0.15) is 5.78 Å². The first-order valence-corrected chi connectivity index (χ1v) is 6.71. The van der Waals surface area contributed by atoms with Crippen molar-refractivity contribution in [2.45, 2.75) is 45.4 Å². The van der Waals surface area contributed by atoms with E-state index >= 15 is 0 Å². The molecule has 3 nitrogen and oxygen atoms in total. The normalized spacial score (nSPS) is 17.7. The number of aromatic nitrogens is 2. The Labute approximate surface area is 107 Å². The van der Waals surface area contributed by atoms with Gasteiger partial charge in [-0.1, -0.05) is 18.5 Å². The second-order valence-corrected chi connectivity index (χ2v) is 5.25. The first-order valence-electron chi connectivity index (χ1n) is 6.33. The molecule has 1 fully saturated rings. The standard InChI is InChI=1S/C13H19ClN2O/c1-3-11-13(14)12(16(2)15-11)8-9-4-6-10(17)7-5-9/h9H,3-8H2,1-2H3. The fraction of sp³-hybridized carbons (Fsp3) is 0.692. The molecule has 1 saturated carbocycles. The van der Waals surface area contributed by atoms with Gasteiger partial charge in [0.25, 0.3) is 0 Å². The van der Waals surface area contributed by atoms with Crippen LogP contribution in [0.4, 0.5) is 0 Å². The van der Waals surface area contributed by atoms with Gasteiger partial charge in [0.2, 0.25) is 0 Å². The number of hydrogen-bond acceptors (Lipinski definition) is 2. The van der Waals surface area contributed by atoms with Crippen molar-refractivity contribution >= 4 is 17.4 Å². The van der Waals surface area contributed by atoms with Crippen LogP contribution in [0.2, 0.25) is 5.02 Å². The van der Waals surface area contributed by atoms with Gasteiger partial charge >= 0.3 is 0 Å². The number of rotatable bonds is 3. The summed E-state index contributed by atoms with van der Waals surface area (Å²) >= 11 is 6.33. The monoisotopic (exact) mass is 254 g/mol. The summed E-state index contributed by atoms with van der Waals surface area (Å²) < 4.78 is 1.90. The zero-order chi connectivity index (χ0) is 12.4. The summed E-state index contributed by atoms with van der Waals surface area (Å²) in [5.41, 5.74) is 2.11. The van der Waals surface area contributed by atoms with Crippen LogP contribution < -0.4 is 0 Å². The van der Waals surface area contributed by atoms with Crippen molar-refractivity contribution in [3.63, 3.8) is 0 Å². The van der Waals surface area contributed by atoms with Crippen molar-refractivity contribution in [2.75, 3.05) is 0 Å². The minimum Gasteiger partial charge on any atom is -0.300 e. The summed E-state index contributed by atoms with van der Waals surface area (Å²) in [5.74, 6) is 0.997. The fourth-order valence-electron chi connectivity index (χ4n) is 2.52. The summed E-state index contributed by atoms with van der Waals surface area (Å²) in [7, 11) is 1.95. The molecule has 0 radical (unpaired) electrons. The maximum Gasteiger partial charge on any atom is 0.132 e. The lowest BCUT2D eigenvalue weighted by Gasteiger charge is -2.20. The van der Waals surface area contributed by atoms with Crippen LogP contribution in [0.25, 0.3) is 0 Å². The van der Waals surface area contributed by atoms with Crippen LogP contribution in [0.3, 0.4) is 0 Å². The SMILES string of the molecule is CCc1nn(C)c(CC2CCC(=O)CC2)c1Cl. The van der Waals surface area contributed by atoms with E-state index in [0.717, 1.165) is 54.9 Å². The minimum absolute atomic E-state index is 0.409. The van der Waals surface area contributed by atoms with Gasteiger partial charge in [-0.25, -0.2) is 0 Å². The van der Waals surface area contributed by atoms with Gasteiger partial charge in [0.05, 0.1) is 16.4 Å². The third-order valence-electron chi connectivity index (χ3n) is 3.65. The molecule has 0 unspecified atom stereocenters. The largest absolute Gasteiger partial charge is 0.300 e.